The monoisotopic (exact) mass is 175 g/mol. The van der Waals surface area contributed by atoms with Gasteiger partial charge in [-0.3, -0.25) is 0 Å². The van der Waals surface area contributed by atoms with Gasteiger partial charge in [-0.1, -0.05) is 0 Å². The molecule has 0 bridgehead atoms. The lowest BCUT2D eigenvalue weighted by molar-refractivity contribution is -0.892. The summed E-state index contributed by atoms with van der Waals surface area (Å²) in [5.41, 5.74) is 0. The first kappa shape index (κ1) is 11.4. The molecule has 0 saturated carbocycles. The van der Waals surface area contributed by atoms with Crippen LogP contribution < -0.4 is 5.11 Å². The van der Waals surface area contributed by atoms with Crippen LogP contribution in [0.1, 0.15) is 13.3 Å². The highest BCUT2D eigenvalue weighted by Gasteiger charge is 2.16. The summed E-state index contributed by atoms with van der Waals surface area (Å²) in [6.45, 7) is 2.75. The number of rotatable bonds is 5. The molecule has 0 aliphatic heterocycles. The summed E-state index contributed by atoms with van der Waals surface area (Å²) in [4.78, 5) is 10.1. The van der Waals surface area contributed by atoms with Gasteiger partial charge in [0.25, 0.3) is 0 Å². The number of hydrogen-bond donors (Lipinski definition) is 1. The third kappa shape index (κ3) is 6.12. The number of aliphatic hydroxyl groups is 1. The van der Waals surface area contributed by atoms with Crippen LogP contribution in [0.4, 0.5) is 0 Å². The van der Waals surface area contributed by atoms with Crippen molar-refractivity contribution in [3.05, 3.63) is 0 Å². The van der Waals surface area contributed by atoms with Crippen molar-refractivity contribution in [3.8, 4) is 0 Å². The van der Waals surface area contributed by atoms with Crippen molar-refractivity contribution in [1.82, 2.24) is 0 Å². The van der Waals surface area contributed by atoms with E-state index in [2.05, 4.69) is 0 Å². The number of aliphatic hydroxyl groups excluding tert-OH is 1. The van der Waals surface area contributed by atoms with Gasteiger partial charge in [0.15, 0.2) is 0 Å². The zero-order chi connectivity index (χ0) is 9.78. The van der Waals surface area contributed by atoms with E-state index in [0.29, 0.717) is 17.6 Å². The number of carboxylic acids is 1. The first-order valence-electron chi connectivity index (χ1n) is 4.03. The maximum Gasteiger partial charge on any atom is 0.104 e. The number of nitrogens with zero attached hydrogens (tertiary/aromatic N) is 1. The molecule has 0 radical (unpaired) electrons. The Morgan fingerprint density at radius 3 is 2.42 bits per heavy atom. The van der Waals surface area contributed by atoms with E-state index in [4.69, 9.17) is 5.11 Å². The minimum absolute atomic E-state index is 0.0414. The van der Waals surface area contributed by atoms with Crippen molar-refractivity contribution in [1.29, 1.82) is 0 Å². The standard InChI is InChI=1S/C8H17NO3/c1-7(10)6-9(2,3)5-4-8(11)12/h7,10H,4-6H2,1-3H3. The largest absolute Gasteiger partial charge is 0.550 e. The van der Waals surface area contributed by atoms with Gasteiger partial charge in [-0.15, -0.1) is 0 Å². The Morgan fingerprint density at radius 2 is 2.08 bits per heavy atom. The van der Waals surface area contributed by atoms with Gasteiger partial charge in [0.05, 0.1) is 20.6 Å². The maximum atomic E-state index is 10.1. The van der Waals surface area contributed by atoms with Gasteiger partial charge >= 0.3 is 0 Å². The fourth-order valence-electron chi connectivity index (χ4n) is 1.20. The van der Waals surface area contributed by atoms with Crippen molar-refractivity contribution in [2.75, 3.05) is 27.2 Å². The van der Waals surface area contributed by atoms with Crippen molar-refractivity contribution in [2.24, 2.45) is 0 Å². The molecule has 0 aromatic carbocycles. The van der Waals surface area contributed by atoms with Gasteiger partial charge in [0.1, 0.15) is 12.6 Å². The van der Waals surface area contributed by atoms with Crippen LogP contribution in [0.2, 0.25) is 0 Å². The first-order chi connectivity index (χ1) is 5.33. The van der Waals surface area contributed by atoms with Gasteiger partial charge in [-0.05, 0) is 6.92 Å². The Hall–Kier alpha value is -0.610. The number of carboxylic acid groups (broad SMARTS) is 1. The summed E-state index contributed by atoms with van der Waals surface area (Å²) in [6, 6.07) is 0. The number of hydrogen-bond acceptors (Lipinski definition) is 3. The lowest BCUT2D eigenvalue weighted by Crippen LogP contribution is -2.46. The molecule has 4 nitrogen and oxygen atoms in total. The summed E-state index contributed by atoms with van der Waals surface area (Å²) in [7, 11) is 3.77. The Morgan fingerprint density at radius 1 is 1.58 bits per heavy atom. The predicted octanol–water partition coefficient (Wildman–Crippen LogP) is -1.42. The van der Waals surface area contributed by atoms with E-state index < -0.39 is 12.1 Å². The highest BCUT2D eigenvalue weighted by Crippen LogP contribution is 2.00. The molecule has 0 saturated heterocycles. The molecule has 0 aliphatic carbocycles. The summed E-state index contributed by atoms with van der Waals surface area (Å²) >= 11 is 0. The third-order valence-corrected chi connectivity index (χ3v) is 1.68. The zero-order valence-electron chi connectivity index (χ0n) is 7.91. The van der Waals surface area contributed by atoms with E-state index >= 15 is 0 Å². The lowest BCUT2D eigenvalue weighted by atomic mass is 10.3. The number of likely N-dealkylation sites (N-methyl/N-ethyl adjacent to an activating group) is 1. The van der Waals surface area contributed by atoms with Crippen LogP contribution in [0.5, 0.6) is 0 Å². The summed E-state index contributed by atoms with van der Waals surface area (Å²) in [5, 5.41) is 19.2. The van der Waals surface area contributed by atoms with Crippen LogP contribution in [0.25, 0.3) is 0 Å². The van der Waals surface area contributed by atoms with Crippen LogP contribution in [0, 0.1) is 0 Å². The van der Waals surface area contributed by atoms with Gasteiger partial charge in [-0.2, -0.15) is 0 Å². The molecular weight excluding hydrogens is 158 g/mol. The highest BCUT2D eigenvalue weighted by molar-refractivity contribution is 5.64. The Labute approximate surface area is 73.0 Å². The Bertz CT molecular complexity index is 154. The normalized spacial score (nSPS) is 14.3. The minimum Gasteiger partial charge on any atom is -0.550 e. The number of carbonyl (C=O) groups excluding carboxylic acids is 1. The molecule has 1 unspecified atom stereocenters. The van der Waals surface area contributed by atoms with Crippen LogP contribution in [0.15, 0.2) is 0 Å². The number of quaternary nitrogens is 1. The average molecular weight is 175 g/mol. The molecule has 4 heteroatoms. The fourth-order valence-corrected chi connectivity index (χ4v) is 1.20. The second kappa shape index (κ2) is 4.42. The number of aliphatic carboxylic acids is 1. The van der Waals surface area contributed by atoms with Gasteiger partial charge in [0.2, 0.25) is 0 Å². The molecule has 1 N–H and O–H groups in total. The lowest BCUT2D eigenvalue weighted by Gasteiger charge is -2.31. The van der Waals surface area contributed by atoms with Gasteiger partial charge in [0, 0.05) is 12.4 Å². The SMILES string of the molecule is CC(O)C[N+](C)(C)CCC(=O)[O-]. The van der Waals surface area contributed by atoms with Gasteiger partial charge < -0.3 is 19.5 Å². The molecule has 1 atom stereocenters. The van der Waals surface area contributed by atoms with Crippen LogP contribution in [-0.2, 0) is 4.79 Å². The zero-order valence-corrected chi connectivity index (χ0v) is 7.91. The fraction of sp³-hybridized carbons (Fsp3) is 0.875. The molecule has 0 aliphatic rings. The number of carbonyl (C=O) groups is 1. The average Bonchev–Trinajstić information content (AvgIpc) is 1.81. The second-order valence-electron chi connectivity index (χ2n) is 3.81. The van der Waals surface area contributed by atoms with Crippen molar-refractivity contribution < 1.29 is 19.5 Å². The van der Waals surface area contributed by atoms with Crippen molar-refractivity contribution in [3.63, 3.8) is 0 Å². The molecular formula is C8H17NO3. The van der Waals surface area contributed by atoms with E-state index in [-0.39, 0.29) is 6.42 Å². The van der Waals surface area contributed by atoms with E-state index in [0.717, 1.165) is 0 Å². The van der Waals surface area contributed by atoms with Gasteiger partial charge in [-0.25, -0.2) is 0 Å². The smallest absolute Gasteiger partial charge is 0.104 e. The molecule has 72 valence electrons. The highest BCUT2D eigenvalue weighted by atomic mass is 16.4. The van der Waals surface area contributed by atoms with Crippen molar-refractivity contribution >= 4 is 5.97 Å². The van der Waals surface area contributed by atoms with Crippen LogP contribution >= 0.6 is 0 Å². The minimum atomic E-state index is -1.04. The summed E-state index contributed by atoms with van der Waals surface area (Å²) in [5.74, 6) is -1.04. The maximum absolute atomic E-state index is 10.1. The Kier molecular flexibility index (Phi) is 4.20. The van der Waals surface area contributed by atoms with E-state index in [9.17, 15) is 9.90 Å². The van der Waals surface area contributed by atoms with Crippen LogP contribution in [0.3, 0.4) is 0 Å². The molecule has 0 fully saturated rings. The third-order valence-electron chi connectivity index (χ3n) is 1.68. The first-order valence-corrected chi connectivity index (χ1v) is 4.03. The molecule has 12 heavy (non-hydrogen) atoms. The molecule has 0 aromatic rings. The van der Waals surface area contributed by atoms with E-state index in [1.807, 2.05) is 14.1 Å². The van der Waals surface area contributed by atoms with E-state index in [1.165, 1.54) is 0 Å². The molecule has 0 amide bonds. The van der Waals surface area contributed by atoms with Crippen molar-refractivity contribution in [2.45, 2.75) is 19.4 Å². The van der Waals surface area contributed by atoms with Crippen LogP contribution in [-0.4, -0.2) is 48.8 Å². The molecule has 0 spiro atoms. The Balaban J connectivity index is 3.78. The summed E-state index contributed by atoms with van der Waals surface area (Å²) in [6.07, 6.45) is -0.360. The predicted molar refractivity (Wildman–Crippen MR) is 43.1 cm³/mol. The second-order valence-corrected chi connectivity index (χ2v) is 3.81. The summed E-state index contributed by atoms with van der Waals surface area (Å²) < 4.78 is 0.506. The molecule has 0 aromatic heterocycles. The quantitative estimate of drug-likeness (QED) is 0.522. The molecule has 0 rings (SSSR count). The topological polar surface area (TPSA) is 60.4 Å². The molecule has 0 heterocycles. The van der Waals surface area contributed by atoms with E-state index in [1.54, 1.807) is 6.92 Å².